The smallest absolute Gasteiger partial charge is 0.357 e. The second kappa shape index (κ2) is 8.23. The van der Waals surface area contributed by atoms with Crippen molar-refractivity contribution in [2.45, 2.75) is 44.8 Å². The third kappa shape index (κ3) is 4.16. The molecule has 1 saturated carbocycles. The minimum absolute atomic E-state index is 0.0645. The highest BCUT2D eigenvalue weighted by molar-refractivity contribution is 5.84. The van der Waals surface area contributed by atoms with Crippen molar-refractivity contribution in [3.8, 4) is 11.5 Å². The molecule has 7 heteroatoms. The van der Waals surface area contributed by atoms with Gasteiger partial charge in [-0.3, -0.25) is 4.90 Å². The van der Waals surface area contributed by atoms with Crippen LogP contribution in [0.4, 0.5) is 0 Å². The average molecular weight is 360 g/mol. The predicted octanol–water partition coefficient (Wildman–Crippen LogP) is 3.33. The number of aromatic carboxylic acids is 1. The Bertz CT molecular complexity index is 752. The highest BCUT2D eigenvalue weighted by Gasteiger charge is 2.25. The third-order valence-corrected chi connectivity index (χ3v) is 4.81. The Balaban J connectivity index is 1.83. The molecule has 0 unspecified atom stereocenters. The van der Waals surface area contributed by atoms with Gasteiger partial charge in [0.1, 0.15) is 17.8 Å². The first-order valence-electron chi connectivity index (χ1n) is 8.73. The standard InChI is InChI=1S/C19H24N2O5/c1-24-15-7-8-17(25-2)13(9-15)10-21(14-5-3-4-6-14)11-18-20-16(12-26-18)19(22)23/h7-9,12,14H,3-6,10-11H2,1-2H3,(H,22,23). The van der Waals surface area contributed by atoms with Crippen molar-refractivity contribution in [3.05, 3.63) is 41.6 Å². The summed E-state index contributed by atoms with van der Waals surface area (Å²) in [6, 6.07) is 6.15. The number of carbonyl (C=O) groups is 1. The molecule has 0 amide bonds. The molecule has 1 aliphatic rings. The Hall–Kier alpha value is -2.54. The maximum atomic E-state index is 11.0. The van der Waals surface area contributed by atoms with Crippen molar-refractivity contribution < 1.29 is 23.8 Å². The molecular weight excluding hydrogens is 336 g/mol. The van der Waals surface area contributed by atoms with Crippen LogP contribution in [0.2, 0.25) is 0 Å². The lowest BCUT2D eigenvalue weighted by Gasteiger charge is -2.28. The summed E-state index contributed by atoms with van der Waals surface area (Å²) in [5, 5.41) is 9.04. The molecule has 0 atom stereocenters. The van der Waals surface area contributed by atoms with Crippen LogP contribution < -0.4 is 9.47 Å². The number of carboxylic acid groups (broad SMARTS) is 1. The van der Waals surface area contributed by atoms with Gasteiger partial charge in [0, 0.05) is 18.2 Å². The van der Waals surface area contributed by atoms with E-state index in [0.717, 1.165) is 29.9 Å². The number of rotatable bonds is 8. The van der Waals surface area contributed by atoms with Gasteiger partial charge in [-0.2, -0.15) is 0 Å². The molecule has 1 heterocycles. The SMILES string of the molecule is COc1ccc(OC)c(CN(Cc2nc(C(=O)O)co2)C2CCCC2)c1. The summed E-state index contributed by atoms with van der Waals surface area (Å²) in [6.45, 7) is 1.11. The lowest BCUT2D eigenvalue weighted by atomic mass is 10.1. The van der Waals surface area contributed by atoms with Crippen LogP contribution in [-0.2, 0) is 13.1 Å². The fraction of sp³-hybridized carbons (Fsp3) is 0.474. The van der Waals surface area contributed by atoms with Gasteiger partial charge in [0.15, 0.2) is 5.69 Å². The van der Waals surface area contributed by atoms with E-state index in [1.807, 2.05) is 18.2 Å². The molecule has 1 N–H and O–H groups in total. The summed E-state index contributed by atoms with van der Waals surface area (Å²) in [7, 11) is 3.29. The van der Waals surface area contributed by atoms with Gasteiger partial charge >= 0.3 is 5.97 Å². The summed E-state index contributed by atoms with van der Waals surface area (Å²) in [6.07, 6.45) is 5.80. The molecule has 26 heavy (non-hydrogen) atoms. The molecule has 1 aromatic heterocycles. The predicted molar refractivity (Wildman–Crippen MR) is 94.5 cm³/mol. The number of hydrogen-bond acceptors (Lipinski definition) is 6. The van der Waals surface area contributed by atoms with Gasteiger partial charge in [-0.25, -0.2) is 9.78 Å². The van der Waals surface area contributed by atoms with Crippen LogP contribution in [0.1, 0.15) is 47.6 Å². The largest absolute Gasteiger partial charge is 0.497 e. The fourth-order valence-corrected chi connectivity index (χ4v) is 3.46. The molecule has 7 nitrogen and oxygen atoms in total. The molecule has 1 aliphatic carbocycles. The van der Waals surface area contributed by atoms with E-state index in [9.17, 15) is 4.79 Å². The number of hydrogen-bond donors (Lipinski definition) is 1. The van der Waals surface area contributed by atoms with Crippen molar-refractivity contribution in [2.75, 3.05) is 14.2 Å². The van der Waals surface area contributed by atoms with E-state index in [4.69, 9.17) is 19.0 Å². The zero-order valence-corrected chi connectivity index (χ0v) is 15.1. The highest BCUT2D eigenvalue weighted by atomic mass is 16.5. The highest BCUT2D eigenvalue weighted by Crippen LogP contribution is 2.30. The van der Waals surface area contributed by atoms with Gasteiger partial charge in [0.05, 0.1) is 20.8 Å². The Kier molecular flexibility index (Phi) is 5.78. The average Bonchev–Trinajstić information content (AvgIpc) is 3.33. The molecule has 0 aliphatic heterocycles. The molecule has 0 spiro atoms. The number of oxazole rings is 1. The van der Waals surface area contributed by atoms with E-state index < -0.39 is 5.97 Å². The topological polar surface area (TPSA) is 85.0 Å². The van der Waals surface area contributed by atoms with Gasteiger partial charge < -0.3 is 19.0 Å². The van der Waals surface area contributed by atoms with Crippen LogP contribution in [0.3, 0.4) is 0 Å². The minimum Gasteiger partial charge on any atom is -0.497 e. The molecule has 2 aromatic rings. The van der Waals surface area contributed by atoms with E-state index in [1.54, 1.807) is 14.2 Å². The Morgan fingerprint density at radius 2 is 2.04 bits per heavy atom. The van der Waals surface area contributed by atoms with Crippen LogP contribution in [-0.4, -0.2) is 41.2 Å². The Labute approximate surface area is 152 Å². The molecule has 140 valence electrons. The summed E-state index contributed by atoms with van der Waals surface area (Å²) in [5.74, 6) is 0.905. The van der Waals surface area contributed by atoms with E-state index in [2.05, 4.69) is 9.88 Å². The summed E-state index contributed by atoms with van der Waals surface area (Å²) >= 11 is 0. The number of carboxylic acids is 1. The van der Waals surface area contributed by atoms with Gasteiger partial charge in [-0.1, -0.05) is 12.8 Å². The molecule has 0 bridgehead atoms. The number of benzene rings is 1. The lowest BCUT2D eigenvalue weighted by molar-refractivity contribution is 0.0690. The van der Waals surface area contributed by atoms with Crippen LogP contribution in [0, 0.1) is 0 Å². The fourth-order valence-electron chi connectivity index (χ4n) is 3.46. The second-order valence-corrected chi connectivity index (χ2v) is 6.45. The molecule has 1 fully saturated rings. The second-order valence-electron chi connectivity index (χ2n) is 6.45. The molecule has 0 saturated heterocycles. The van der Waals surface area contributed by atoms with E-state index in [1.165, 1.54) is 19.1 Å². The van der Waals surface area contributed by atoms with Crippen molar-refractivity contribution in [3.63, 3.8) is 0 Å². The number of ether oxygens (including phenoxy) is 2. The Morgan fingerprint density at radius 3 is 2.65 bits per heavy atom. The summed E-state index contributed by atoms with van der Waals surface area (Å²) in [4.78, 5) is 17.4. The van der Waals surface area contributed by atoms with Crippen molar-refractivity contribution in [2.24, 2.45) is 0 Å². The van der Waals surface area contributed by atoms with E-state index in [-0.39, 0.29) is 5.69 Å². The monoisotopic (exact) mass is 360 g/mol. The molecule has 0 radical (unpaired) electrons. The van der Waals surface area contributed by atoms with Crippen LogP contribution in [0.5, 0.6) is 11.5 Å². The summed E-state index contributed by atoms with van der Waals surface area (Å²) in [5.41, 5.74) is 0.953. The molecule has 1 aromatic carbocycles. The number of nitrogens with zero attached hydrogens (tertiary/aromatic N) is 2. The Morgan fingerprint density at radius 1 is 1.27 bits per heavy atom. The maximum Gasteiger partial charge on any atom is 0.357 e. The van der Waals surface area contributed by atoms with Crippen LogP contribution in [0.25, 0.3) is 0 Å². The maximum absolute atomic E-state index is 11.0. The van der Waals surface area contributed by atoms with Crippen LogP contribution >= 0.6 is 0 Å². The lowest BCUT2D eigenvalue weighted by Crippen LogP contribution is -2.32. The summed E-state index contributed by atoms with van der Waals surface area (Å²) < 4.78 is 16.2. The van der Waals surface area contributed by atoms with Crippen molar-refractivity contribution >= 4 is 5.97 Å². The minimum atomic E-state index is -1.08. The van der Waals surface area contributed by atoms with Gasteiger partial charge in [-0.05, 0) is 31.0 Å². The first kappa shape index (κ1) is 18.3. The van der Waals surface area contributed by atoms with E-state index >= 15 is 0 Å². The van der Waals surface area contributed by atoms with Crippen molar-refractivity contribution in [1.29, 1.82) is 0 Å². The quantitative estimate of drug-likeness (QED) is 0.773. The van der Waals surface area contributed by atoms with Gasteiger partial charge in [0.25, 0.3) is 0 Å². The zero-order chi connectivity index (χ0) is 18.5. The van der Waals surface area contributed by atoms with E-state index in [0.29, 0.717) is 25.0 Å². The number of methoxy groups -OCH3 is 2. The zero-order valence-electron chi connectivity index (χ0n) is 15.1. The van der Waals surface area contributed by atoms with Crippen LogP contribution in [0.15, 0.2) is 28.9 Å². The van der Waals surface area contributed by atoms with Gasteiger partial charge in [-0.15, -0.1) is 0 Å². The number of aromatic nitrogens is 1. The normalized spacial score (nSPS) is 14.7. The van der Waals surface area contributed by atoms with Gasteiger partial charge in [0.2, 0.25) is 5.89 Å². The van der Waals surface area contributed by atoms with Crippen molar-refractivity contribution in [1.82, 2.24) is 9.88 Å². The third-order valence-electron chi connectivity index (χ3n) is 4.81. The molecule has 3 rings (SSSR count). The first-order valence-corrected chi connectivity index (χ1v) is 8.73. The molecular formula is C19H24N2O5. The first-order chi connectivity index (χ1) is 12.6.